The van der Waals surface area contributed by atoms with Crippen LogP contribution in [-0.2, 0) is 0 Å². The number of para-hydroxylation sites is 1. The van der Waals surface area contributed by atoms with E-state index in [0.717, 1.165) is 27.9 Å². The number of hydrogen-bond acceptors (Lipinski definition) is 2. The van der Waals surface area contributed by atoms with Crippen LogP contribution in [0.15, 0.2) is 52.9 Å². The highest BCUT2D eigenvalue weighted by Gasteiger charge is 2.18. The Kier molecular flexibility index (Phi) is 2.88. The topological polar surface area (TPSA) is 39.2 Å². The molecule has 1 unspecified atom stereocenters. The Labute approximate surface area is 112 Å². The summed E-state index contributed by atoms with van der Waals surface area (Å²) in [6, 6.07) is 16.1. The van der Waals surface area contributed by atoms with E-state index >= 15 is 0 Å². The van der Waals surface area contributed by atoms with Crippen molar-refractivity contribution in [1.82, 2.24) is 0 Å². The van der Waals surface area contributed by atoms with E-state index in [0.29, 0.717) is 0 Å². The van der Waals surface area contributed by atoms with Gasteiger partial charge >= 0.3 is 0 Å². The molecule has 2 nitrogen and oxygen atoms in total. The van der Waals surface area contributed by atoms with Crippen LogP contribution in [-0.4, -0.2) is 0 Å². The minimum atomic E-state index is -0.215. The van der Waals surface area contributed by atoms with E-state index in [1.54, 1.807) is 0 Å². The van der Waals surface area contributed by atoms with Crippen LogP contribution in [0.1, 0.15) is 28.5 Å². The minimum Gasteiger partial charge on any atom is -0.459 e. The van der Waals surface area contributed by atoms with Crippen molar-refractivity contribution in [3.63, 3.8) is 0 Å². The maximum absolute atomic E-state index is 6.34. The summed E-state index contributed by atoms with van der Waals surface area (Å²) in [4.78, 5) is 0. The number of rotatable bonds is 2. The lowest BCUT2D eigenvalue weighted by atomic mass is 10.0. The molecule has 3 aromatic rings. The third-order valence-electron chi connectivity index (χ3n) is 3.60. The highest BCUT2D eigenvalue weighted by Crippen LogP contribution is 2.31. The second kappa shape index (κ2) is 4.56. The predicted molar refractivity (Wildman–Crippen MR) is 78.2 cm³/mol. The van der Waals surface area contributed by atoms with Gasteiger partial charge in [-0.25, -0.2) is 0 Å². The largest absolute Gasteiger partial charge is 0.459 e. The van der Waals surface area contributed by atoms with E-state index < -0.39 is 0 Å². The molecule has 0 amide bonds. The molecule has 0 aliphatic heterocycles. The monoisotopic (exact) mass is 251 g/mol. The van der Waals surface area contributed by atoms with Crippen molar-refractivity contribution >= 4 is 11.0 Å². The van der Waals surface area contributed by atoms with Crippen molar-refractivity contribution in [1.29, 1.82) is 0 Å². The van der Waals surface area contributed by atoms with Gasteiger partial charge in [-0.1, -0.05) is 48.0 Å². The minimum absolute atomic E-state index is 0.215. The lowest BCUT2D eigenvalue weighted by molar-refractivity contribution is 0.521. The van der Waals surface area contributed by atoms with Gasteiger partial charge in [0.15, 0.2) is 0 Å². The fourth-order valence-corrected chi connectivity index (χ4v) is 2.42. The first-order chi connectivity index (χ1) is 9.16. The Morgan fingerprint density at radius 2 is 1.63 bits per heavy atom. The zero-order valence-electron chi connectivity index (χ0n) is 11.2. The molecule has 2 aromatic carbocycles. The molecule has 1 atom stereocenters. The van der Waals surface area contributed by atoms with Crippen molar-refractivity contribution in [2.24, 2.45) is 5.73 Å². The highest BCUT2D eigenvalue weighted by molar-refractivity contribution is 5.82. The van der Waals surface area contributed by atoms with Gasteiger partial charge in [-0.05, 0) is 25.5 Å². The Bertz CT molecular complexity index is 710. The molecule has 19 heavy (non-hydrogen) atoms. The maximum atomic E-state index is 6.34. The van der Waals surface area contributed by atoms with Gasteiger partial charge in [0.1, 0.15) is 11.3 Å². The summed E-state index contributed by atoms with van der Waals surface area (Å²) in [5.41, 5.74) is 10.7. The third-order valence-corrected chi connectivity index (χ3v) is 3.60. The normalized spacial score (nSPS) is 12.8. The van der Waals surface area contributed by atoms with Crippen LogP contribution in [0, 0.1) is 13.8 Å². The van der Waals surface area contributed by atoms with Gasteiger partial charge in [0, 0.05) is 10.9 Å². The zero-order valence-corrected chi connectivity index (χ0v) is 11.2. The van der Waals surface area contributed by atoms with E-state index in [9.17, 15) is 0 Å². The molecule has 0 spiro atoms. The molecule has 2 N–H and O–H groups in total. The van der Waals surface area contributed by atoms with Crippen LogP contribution in [0.2, 0.25) is 0 Å². The fraction of sp³-hybridized carbons (Fsp3) is 0.176. The van der Waals surface area contributed by atoms with Crippen LogP contribution in [0.5, 0.6) is 0 Å². The molecule has 0 saturated carbocycles. The first-order valence-electron chi connectivity index (χ1n) is 6.47. The van der Waals surface area contributed by atoms with Gasteiger partial charge in [0.05, 0.1) is 6.04 Å². The predicted octanol–water partition coefficient (Wildman–Crippen LogP) is 4.10. The third kappa shape index (κ3) is 2.04. The first kappa shape index (κ1) is 12.0. The van der Waals surface area contributed by atoms with E-state index in [4.69, 9.17) is 10.2 Å². The summed E-state index contributed by atoms with van der Waals surface area (Å²) in [6.45, 7) is 4.14. The molecule has 0 bridgehead atoms. The summed E-state index contributed by atoms with van der Waals surface area (Å²) in [5.74, 6) is 0.852. The van der Waals surface area contributed by atoms with Crippen LogP contribution >= 0.6 is 0 Å². The van der Waals surface area contributed by atoms with Gasteiger partial charge in [0.2, 0.25) is 0 Å². The maximum Gasteiger partial charge on any atom is 0.134 e. The molecule has 3 rings (SSSR count). The van der Waals surface area contributed by atoms with Crippen LogP contribution in [0.3, 0.4) is 0 Å². The molecule has 0 fully saturated rings. The van der Waals surface area contributed by atoms with Crippen molar-refractivity contribution in [2.75, 3.05) is 0 Å². The van der Waals surface area contributed by atoms with Gasteiger partial charge in [0.25, 0.3) is 0 Å². The van der Waals surface area contributed by atoms with E-state index in [2.05, 4.69) is 44.2 Å². The number of nitrogens with two attached hydrogens (primary N) is 1. The van der Waals surface area contributed by atoms with Crippen molar-refractivity contribution < 1.29 is 4.42 Å². The summed E-state index contributed by atoms with van der Waals surface area (Å²) >= 11 is 0. The molecule has 0 aliphatic carbocycles. The SMILES string of the molecule is Cc1ccc(C(N)c2oc3ccccc3c2C)cc1. The second-order valence-electron chi connectivity index (χ2n) is 4.98. The second-order valence-corrected chi connectivity index (χ2v) is 4.98. The van der Waals surface area contributed by atoms with E-state index in [-0.39, 0.29) is 6.04 Å². The molecular weight excluding hydrogens is 234 g/mol. The summed E-state index contributed by atoms with van der Waals surface area (Å²) in [6.07, 6.45) is 0. The molecule has 0 saturated heterocycles. The highest BCUT2D eigenvalue weighted by atomic mass is 16.3. The molecule has 96 valence electrons. The Morgan fingerprint density at radius 3 is 2.32 bits per heavy atom. The Morgan fingerprint density at radius 1 is 0.947 bits per heavy atom. The average molecular weight is 251 g/mol. The quantitative estimate of drug-likeness (QED) is 0.744. The average Bonchev–Trinajstić information content (AvgIpc) is 2.77. The molecule has 0 radical (unpaired) electrons. The van der Waals surface area contributed by atoms with Crippen molar-refractivity contribution in [2.45, 2.75) is 19.9 Å². The Hall–Kier alpha value is -2.06. The van der Waals surface area contributed by atoms with E-state index in [1.807, 2.05) is 18.2 Å². The molecule has 1 aromatic heterocycles. The molecule has 0 aliphatic rings. The number of fused-ring (bicyclic) bond motifs is 1. The van der Waals surface area contributed by atoms with E-state index in [1.165, 1.54) is 5.56 Å². The number of aryl methyl sites for hydroxylation is 2. The van der Waals surface area contributed by atoms with Gasteiger partial charge in [-0.2, -0.15) is 0 Å². The lowest BCUT2D eigenvalue weighted by Gasteiger charge is -2.10. The van der Waals surface area contributed by atoms with Crippen molar-refractivity contribution in [3.8, 4) is 0 Å². The first-order valence-corrected chi connectivity index (χ1v) is 6.47. The summed E-state index contributed by atoms with van der Waals surface area (Å²) < 4.78 is 5.92. The fourth-order valence-electron chi connectivity index (χ4n) is 2.42. The summed E-state index contributed by atoms with van der Waals surface area (Å²) in [5, 5.41) is 1.14. The molecule has 1 heterocycles. The number of furan rings is 1. The van der Waals surface area contributed by atoms with Crippen molar-refractivity contribution in [3.05, 3.63) is 71.0 Å². The smallest absolute Gasteiger partial charge is 0.134 e. The van der Waals surface area contributed by atoms with Gasteiger partial charge in [-0.15, -0.1) is 0 Å². The molecule has 2 heteroatoms. The standard InChI is InChI=1S/C17H17NO/c1-11-7-9-13(10-8-11)16(18)17-12(2)14-5-3-4-6-15(14)19-17/h3-10,16H,18H2,1-2H3. The number of hydrogen-bond donors (Lipinski definition) is 1. The Balaban J connectivity index is 2.08. The number of benzene rings is 2. The van der Waals surface area contributed by atoms with Crippen LogP contribution < -0.4 is 5.73 Å². The van der Waals surface area contributed by atoms with Gasteiger partial charge in [-0.3, -0.25) is 0 Å². The lowest BCUT2D eigenvalue weighted by Crippen LogP contribution is -2.11. The van der Waals surface area contributed by atoms with Crippen LogP contribution in [0.25, 0.3) is 11.0 Å². The summed E-state index contributed by atoms with van der Waals surface area (Å²) in [7, 11) is 0. The van der Waals surface area contributed by atoms with Crippen LogP contribution in [0.4, 0.5) is 0 Å². The zero-order chi connectivity index (χ0) is 13.4. The molecular formula is C17H17NO. The van der Waals surface area contributed by atoms with Gasteiger partial charge < -0.3 is 10.2 Å².